The number of likely N-dealkylation sites (tertiary alicyclic amines) is 1. The van der Waals surface area contributed by atoms with E-state index in [1.54, 1.807) is 40.7 Å². The average molecular weight is 396 g/mol. The monoisotopic (exact) mass is 396 g/mol. The zero-order chi connectivity index (χ0) is 18.9. The third kappa shape index (κ3) is 3.13. The fraction of sp³-hybridized carbons (Fsp3) is 0.263. The van der Waals surface area contributed by atoms with E-state index in [1.165, 1.54) is 0 Å². The van der Waals surface area contributed by atoms with Gasteiger partial charge in [0.15, 0.2) is 11.5 Å². The van der Waals surface area contributed by atoms with Crippen molar-refractivity contribution in [3.63, 3.8) is 0 Å². The molecule has 0 spiro atoms. The first-order valence-electron chi connectivity index (χ1n) is 8.94. The van der Waals surface area contributed by atoms with Crippen molar-refractivity contribution < 1.29 is 18.2 Å². The number of hydrogen-bond donors (Lipinski definition) is 0. The van der Waals surface area contributed by atoms with Crippen LogP contribution in [0.2, 0.25) is 0 Å². The van der Waals surface area contributed by atoms with E-state index in [0.29, 0.717) is 36.4 Å². The number of carbonyl (C=O) groups excluding carboxylic acids is 1. The minimum atomic E-state index is -0.177. The number of rotatable bonds is 4. The van der Waals surface area contributed by atoms with E-state index in [1.807, 2.05) is 16.8 Å². The van der Waals surface area contributed by atoms with E-state index in [9.17, 15) is 4.79 Å². The van der Waals surface area contributed by atoms with Gasteiger partial charge in [-0.15, -0.1) is 10.2 Å². The van der Waals surface area contributed by atoms with Gasteiger partial charge in [-0.1, -0.05) is 5.16 Å². The van der Waals surface area contributed by atoms with Crippen molar-refractivity contribution in [2.24, 2.45) is 0 Å². The summed E-state index contributed by atoms with van der Waals surface area (Å²) >= 11 is 1.58. The van der Waals surface area contributed by atoms with Crippen molar-refractivity contribution in [3.8, 4) is 23.0 Å². The second kappa shape index (κ2) is 7.08. The summed E-state index contributed by atoms with van der Waals surface area (Å²) in [6.07, 6.45) is 3.30. The van der Waals surface area contributed by atoms with Gasteiger partial charge in [-0.3, -0.25) is 4.79 Å². The lowest BCUT2D eigenvalue weighted by atomic mass is 9.98. The molecule has 142 valence electrons. The molecule has 1 aliphatic rings. The molecule has 5 rings (SSSR count). The molecule has 0 bridgehead atoms. The smallest absolute Gasteiger partial charge is 0.276 e. The Morgan fingerprint density at radius 3 is 3.04 bits per heavy atom. The molecule has 28 heavy (non-hydrogen) atoms. The molecule has 1 fully saturated rings. The Labute approximate surface area is 163 Å². The molecule has 8 nitrogen and oxygen atoms in total. The molecular weight excluding hydrogens is 380 g/mol. The van der Waals surface area contributed by atoms with Gasteiger partial charge < -0.3 is 18.3 Å². The lowest BCUT2D eigenvalue weighted by molar-refractivity contribution is 0.0688. The standard InChI is InChI=1S/C19H16N4O4S/c24-19(14-9-16(27-22-14)15-4-2-7-25-15)23-6-1-3-12(10-23)17-20-21-18(26-17)13-5-8-28-11-13/h2,4-5,7-9,11-12H,1,3,6,10H2. The Morgan fingerprint density at radius 2 is 2.21 bits per heavy atom. The summed E-state index contributed by atoms with van der Waals surface area (Å²) in [6.45, 7) is 1.16. The van der Waals surface area contributed by atoms with Gasteiger partial charge in [0.05, 0.1) is 12.2 Å². The fourth-order valence-electron chi connectivity index (χ4n) is 3.34. The van der Waals surface area contributed by atoms with Crippen LogP contribution in [0.4, 0.5) is 0 Å². The maximum Gasteiger partial charge on any atom is 0.276 e. The van der Waals surface area contributed by atoms with Crippen molar-refractivity contribution in [3.05, 3.63) is 52.9 Å². The first-order valence-corrected chi connectivity index (χ1v) is 9.88. The maximum atomic E-state index is 12.9. The van der Waals surface area contributed by atoms with Crippen LogP contribution in [0.15, 0.2) is 54.6 Å². The van der Waals surface area contributed by atoms with Crippen LogP contribution in [0.5, 0.6) is 0 Å². The number of furan rings is 1. The molecule has 1 aliphatic heterocycles. The number of carbonyl (C=O) groups is 1. The zero-order valence-corrected chi connectivity index (χ0v) is 15.6. The highest BCUT2D eigenvalue weighted by Crippen LogP contribution is 2.30. The molecule has 1 atom stereocenters. The molecule has 0 aromatic carbocycles. The Balaban J connectivity index is 1.31. The highest BCUT2D eigenvalue weighted by molar-refractivity contribution is 7.08. The summed E-state index contributed by atoms with van der Waals surface area (Å²) in [4.78, 5) is 14.6. The molecular formula is C19H16N4O4S. The molecule has 1 saturated heterocycles. The number of thiophene rings is 1. The first kappa shape index (κ1) is 16.9. The van der Waals surface area contributed by atoms with E-state index in [2.05, 4.69) is 15.4 Å². The Kier molecular flexibility index (Phi) is 4.28. The predicted octanol–water partition coefficient (Wildman–Crippen LogP) is 4.07. The van der Waals surface area contributed by atoms with Crippen LogP contribution < -0.4 is 0 Å². The topological polar surface area (TPSA) is 98.4 Å². The minimum absolute atomic E-state index is 0.00836. The molecule has 9 heteroatoms. The van der Waals surface area contributed by atoms with E-state index in [-0.39, 0.29) is 17.5 Å². The van der Waals surface area contributed by atoms with Crippen LogP contribution in [0, 0.1) is 0 Å². The van der Waals surface area contributed by atoms with Crippen LogP contribution in [0.3, 0.4) is 0 Å². The van der Waals surface area contributed by atoms with Gasteiger partial charge in [0.25, 0.3) is 5.91 Å². The lowest BCUT2D eigenvalue weighted by Gasteiger charge is -2.30. The van der Waals surface area contributed by atoms with Crippen molar-refractivity contribution in [2.75, 3.05) is 13.1 Å². The maximum absolute atomic E-state index is 12.9. The Hall–Kier alpha value is -3.20. The van der Waals surface area contributed by atoms with E-state index >= 15 is 0 Å². The molecule has 0 saturated carbocycles. The summed E-state index contributed by atoms with van der Waals surface area (Å²) in [5, 5.41) is 16.2. The molecule has 0 aliphatic carbocycles. The molecule has 4 aromatic heterocycles. The van der Waals surface area contributed by atoms with Crippen molar-refractivity contribution in [2.45, 2.75) is 18.8 Å². The number of aromatic nitrogens is 3. The third-order valence-corrected chi connectivity index (χ3v) is 5.44. The number of nitrogens with zero attached hydrogens (tertiary/aromatic N) is 4. The average Bonchev–Trinajstić information content (AvgIpc) is 3.52. The highest BCUT2D eigenvalue weighted by Gasteiger charge is 2.30. The van der Waals surface area contributed by atoms with Crippen LogP contribution in [0.25, 0.3) is 23.0 Å². The number of piperidine rings is 1. The van der Waals surface area contributed by atoms with Gasteiger partial charge in [-0.2, -0.15) is 11.3 Å². The SMILES string of the molecule is O=C(c1cc(-c2ccco2)on1)N1CCCC(c2nnc(-c3ccsc3)o2)C1. The summed E-state index contributed by atoms with van der Waals surface area (Å²) < 4.78 is 16.4. The minimum Gasteiger partial charge on any atom is -0.461 e. The summed E-state index contributed by atoms with van der Waals surface area (Å²) in [7, 11) is 0. The third-order valence-electron chi connectivity index (χ3n) is 4.76. The number of hydrogen-bond acceptors (Lipinski definition) is 8. The molecule has 5 heterocycles. The normalized spacial score (nSPS) is 17.1. The lowest BCUT2D eigenvalue weighted by Crippen LogP contribution is -2.39. The molecule has 0 N–H and O–H groups in total. The van der Waals surface area contributed by atoms with E-state index < -0.39 is 0 Å². The first-order chi connectivity index (χ1) is 13.8. The summed E-state index contributed by atoms with van der Waals surface area (Å²) in [6, 6.07) is 7.06. The van der Waals surface area contributed by atoms with Crippen LogP contribution in [0.1, 0.15) is 35.1 Å². The quantitative estimate of drug-likeness (QED) is 0.513. The van der Waals surface area contributed by atoms with Crippen molar-refractivity contribution in [1.29, 1.82) is 0 Å². The highest BCUT2D eigenvalue weighted by atomic mass is 32.1. The second-order valence-electron chi connectivity index (χ2n) is 6.60. The van der Waals surface area contributed by atoms with Gasteiger partial charge in [-0.25, -0.2) is 0 Å². The Bertz CT molecular complexity index is 1070. The van der Waals surface area contributed by atoms with Crippen LogP contribution in [-0.4, -0.2) is 39.3 Å². The van der Waals surface area contributed by atoms with Crippen LogP contribution >= 0.6 is 11.3 Å². The number of amides is 1. The van der Waals surface area contributed by atoms with Gasteiger partial charge in [0, 0.05) is 30.1 Å². The van der Waals surface area contributed by atoms with E-state index in [0.717, 1.165) is 18.4 Å². The molecule has 0 radical (unpaired) electrons. The van der Waals surface area contributed by atoms with Crippen molar-refractivity contribution in [1.82, 2.24) is 20.3 Å². The molecule has 1 amide bonds. The predicted molar refractivity (Wildman–Crippen MR) is 99.7 cm³/mol. The van der Waals surface area contributed by atoms with Crippen LogP contribution in [-0.2, 0) is 0 Å². The molecule has 4 aromatic rings. The fourth-order valence-corrected chi connectivity index (χ4v) is 3.97. The summed E-state index contributed by atoms with van der Waals surface area (Å²) in [5.74, 6) is 1.88. The summed E-state index contributed by atoms with van der Waals surface area (Å²) in [5.41, 5.74) is 1.18. The largest absolute Gasteiger partial charge is 0.461 e. The zero-order valence-electron chi connectivity index (χ0n) is 14.8. The second-order valence-corrected chi connectivity index (χ2v) is 7.38. The van der Waals surface area contributed by atoms with Gasteiger partial charge in [-0.05, 0) is 36.4 Å². The molecule has 1 unspecified atom stereocenters. The van der Waals surface area contributed by atoms with E-state index in [4.69, 9.17) is 13.4 Å². The van der Waals surface area contributed by atoms with Crippen molar-refractivity contribution >= 4 is 17.2 Å². The van der Waals surface area contributed by atoms with Gasteiger partial charge >= 0.3 is 0 Å². The van der Waals surface area contributed by atoms with Gasteiger partial charge in [0.1, 0.15) is 0 Å². The van der Waals surface area contributed by atoms with Gasteiger partial charge in [0.2, 0.25) is 17.5 Å². The Morgan fingerprint density at radius 1 is 1.25 bits per heavy atom.